The number of nitrogens with zero attached hydrogens (tertiary/aromatic N) is 5. The summed E-state index contributed by atoms with van der Waals surface area (Å²) in [6, 6.07) is 4.17. The van der Waals surface area contributed by atoms with Gasteiger partial charge in [0.25, 0.3) is 0 Å². The number of aromatic nitrogens is 3. The van der Waals surface area contributed by atoms with Gasteiger partial charge in [-0.1, -0.05) is 13.8 Å². The molecule has 0 unspecified atom stereocenters. The summed E-state index contributed by atoms with van der Waals surface area (Å²) in [5, 5.41) is 13.4. The first-order chi connectivity index (χ1) is 10.7. The van der Waals surface area contributed by atoms with E-state index in [1.54, 1.807) is 23.1 Å². The first-order valence-electron chi connectivity index (χ1n) is 7.62. The molecule has 7 heteroatoms. The lowest BCUT2D eigenvalue weighted by Crippen LogP contribution is -2.31. The van der Waals surface area contributed by atoms with Crippen molar-refractivity contribution in [3.63, 3.8) is 0 Å². The van der Waals surface area contributed by atoms with Gasteiger partial charge < -0.3 is 9.80 Å². The summed E-state index contributed by atoms with van der Waals surface area (Å²) in [5.74, 6) is 0.981. The van der Waals surface area contributed by atoms with E-state index in [-0.39, 0.29) is 0 Å². The lowest BCUT2D eigenvalue weighted by molar-refractivity contribution is 0.775. The van der Waals surface area contributed by atoms with Crippen molar-refractivity contribution in [1.82, 2.24) is 15.2 Å². The number of hydrogen-bond acceptors (Lipinski definition) is 7. The lowest BCUT2D eigenvalue weighted by atomic mass is 10.4. The smallest absolute Gasteiger partial charge is 0.185 e. The molecule has 118 valence electrons. The molecule has 5 nitrogen and oxygen atoms in total. The molecule has 0 bridgehead atoms. The molecule has 3 heterocycles. The minimum absolute atomic E-state index is 0.533. The van der Waals surface area contributed by atoms with Crippen LogP contribution in [0, 0.1) is 0 Å². The summed E-state index contributed by atoms with van der Waals surface area (Å²) in [7, 11) is 0. The lowest BCUT2D eigenvalue weighted by Gasteiger charge is -2.22. The van der Waals surface area contributed by atoms with Crippen molar-refractivity contribution in [2.75, 3.05) is 36.0 Å². The van der Waals surface area contributed by atoms with Crippen molar-refractivity contribution in [3.05, 3.63) is 23.7 Å². The zero-order valence-corrected chi connectivity index (χ0v) is 14.6. The molecule has 0 N–H and O–H groups in total. The van der Waals surface area contributed by atoms with Crippen molar-refractivity contribution < 1.29 is 0 Å². The van der Waals surface area contributed by atoms with E-state index in [4.69, 9.17) is 0 Å². The Morgan fingerprint density at radius 2 is 1.91 bits per heavy atom. The average Bonchev–Trinajstić information content (AvgIpc) is 2.93. The molecule has 0 radical (unpaired) electrons. The Bertz CT molecular complexity index is 570. The number of thioether (sulfide) groups is 1. The predicted octanol–water partition coefficient (Wildman–Crippen LogP) is 3.15. The third kappa shape index (κ3) is 3.89. The molecule has 1 fully saturated rings. The molecule has 0 saturated carbocycles. The van der Waals surface area contributed by atoms with Gasteiger partial charge >= 0.3 is 0 Å². The van der Waals surface area contributed by atoms with Gasteiger partial charge in [0, 0.05) is 43.0 Å². The van der Waals surface area contributed by atoms with Crippen molar-refractivity contribution in [2.24, 2.45) is 0 Å². The van der Waals surface area contributed by atoms with Crippen molar-refractivity contribution in [2.45, 2.75) is 30.5 Å². The van der Waals surface area contributed by atoms with E-state index in [0.29, 0.717) is 5.25 Å². The highest BCUT2D eigenvalue weighted by Crippen LogP contribution is 2.23. The van der Waals surface area contributed by atoms with Crippen molar-refractivity contribution in [1.29, 1.82) is 0 Å². The molecule has 22 heavy (non-hydrogen) atoms. The highest BCUT2D eigenvalue weighted by Gasteiger charge is 2.18. The molecule has 0 amide bonds. The van der Waals surface area contributed by atoms with Crippen LogP contribution < -0.4 is 9.80 Å². The Morgan fingerprint density at radius 1 is 1.09 bits per heavy atom. The Labute approximate surface area is 139 Å². The van der Waals surface area contributed by atoms with Crippen LogP contribution in [0.3, 0.4) is 0 Å². The van der Waals surface area contributed by atoms with E-state index in [9.17, 15) is 0 Å². The summed E-state index contributed by atoms with van der Waals surface area (Å²) in [4.78, 5) is 9.10. The first-order valence-corrected chi connectivity index (χ1v) is 9.38. The average molecular weight is 336 g/mol. The Kier molecular flexibility index (Phi) is 5.15. The second-order valence-electron chi connectivity index (χ2n) is 5.54. The van der Waals surface area contributed by atoms with Crippen molar-refractivity contribution in [3.8, 4) is 0 Å². The van der Waals surface area contributed by atoms with Gasteiger partial charge in [0.05, 0.1) is 0 Å². The molecule has 1 aliphatic rings. The zero-order chi connectivity index (χ0) is 15.4. The first kappa shape index (κ1) is 15.6. The number of hydrogen-bond donors (Lipinski definition) is 0. The Morgan fingerprint density at radius 3 is 2.59 bits per heavy atom. The van der Waals surface area contributed by atoms with Crippen molar-refractivity contribution >= 4 is 34.0 Å². The summed E-state index contributed by atoms with van der Waals surface area (Å²) < 4.78 is 0. The van der Waals surface area contributed by atoms with Gasteiger partial charge in [0.1, 0.15) is 5.03 Å². The predicted molar refractivity (Wildman–Crippen MR) is 94.2 cm³/mol. The molecule has 2 aromatic heterocycles. The largest absolute Gasteiger partial charge is 0.353 e. The van der Waals surface area contributed by atoms with Crippen LogP contribution >= 0.6 is 23.1 Å². The van der Waals surface area contributed by atoms with Crippen LogP contribution in [0.4, 0.5) is 10.9 Å². The van der Waals surface area contributed by atoms with Gasteiger partial charge in [0.15, 0.2) is 10.9 Å². The maximum Gasteiger partial charge on any atom is 0.185 e. The van der Waals surface area contributed by atoms with E-state index >= 15 is 0 Å². The minimum atomic E-state index is 0.533. The maximum absolute atomic E-state index is 4.41. The van der Waals surface area contributed by atoms with Crippen LogP contribution in [0.25, 0.3) is 0 Å². The van der Waals surface area contributed by atoms with Crippen LogP contribution in [-0.4, -0.2) is 46.6 Å². The zero-order valence-electron chi connectivity index (χ0n) is 13.0. The number of thiazole rings is 1. The standard InChI is InChI=1S/C15H21N5S2/c1-12(2)22-14-5-4-13(17-18-14)19-7-3-8-20(10-9-19)15-16-6-11-21-15/h4-6,11-12H,3,7-10H2,1-2H3. The molecule has 3 rings (SSSR count). The summed E-state index contributed by atoms with van der Waals surface area (Å²) in [5.41, 5.74) is 0. The molecular weight excluding hydrogens is 314 g/mol. The van der Waals surface area contributed by atoms with Gasteiger partial charge in [-0.2, -0.15) is 0 Å². The fraction of sp³-hybridized carbons (Fsp3) is 0.533. The molecule has 1 aliphatic heterocycles. The monoisotopic (exact) mass is 335 g/mol. The highest BCUT2D eigenvalue weighted by atomic mass is 32.2. The summed E-state index contributed by atoms with van der Waals surface area (Å²) in [6.07, 6.45) is 2.99. The highest BCUT2D eigenvalue weighted by molar-refractivity contribution is 7.99. The minimum Gasteiger partial charge on any atom is -0.353 e. The molecule has 1 saturated heterocycles. The van der Waals surface area contributed by atoms with Crippen LogP contribution in [-0.2, 0) is 0 Å². The topological polar surface area (TPSA) is 45.2 Å². The van der Waals surface area contributed by atoms with Crippen LogP contribution in [0.1, 0.15) is 20.3 Å². The Hall–Kier alpha value is -1.34. The van der Waals surface area contributed by atoms with Gasteiger partial charge in [-0.15, -0.1) is 33.3 Å². The van der Waals surface area contributed by atoms with Crippen LogP contribution in [0.15, 0.2) is 28.7 Å². The third-order valence-corrected chi connectivity index (χ3v) is 5.25. The third-order valence-electron chi connectivity index (χ3n) is 3.49. The van der Waals surface area contributed by atoms with Gasteiger partial charge in [0.2, 0.25) is 0 Å². The molecule has 0 aliphatic carbocycles. The van der Waals surface area contributed by atoms with E-state index in [1.807, 2.05) is 11.6 Å². The SMILES string of the molecule is CC(C)Sc1ccc(N2CCCN(c3nccs3)CC2)nn1. The molecule has 0 aromatic carbocycles. The number of rotatable bonds is 4. The van der Waals surface area contributed by atoms with Crippen LogP contribution in [0.2, 0.25) is 0 Å². The molecule has 2 aromatic rings. The Balaban J connectivity index is 1.63. The van der Waals surface area contributed by atoms with Gasteiger partial charge in [-0.05, 0) is 18.6 Å². The normalized spacial score (nSPS) is 16.1. The molecule has 0 atom stereocenters. The van der Waals surface area contributed by atoms with E-state index in [0.717, 1.165) is 48.6 Å². The number of anilines is 2. The van der Waals surface area contributed by atoms with Crippen LogP contribution in [0.5, 0.6) is 0 Å². The summed E-state index contributed by atoms with van der Waals surface area (Å²) in [6.45, 7) is 8.36. The van der Waals surface area contributed by atoms with Gasteiger partial charge in [-0.25, -0.2) is 4.98 Å². The second-order valence-corrected chi connectivity index (χ2v) is 8.01. The van der Waals surface area contributed by atoms with E-state index < -0.39 is 0 Å². The van der Waals surface area contributed by atoms with E-state index in [2.05, 4.69) is 51.0 Å². The fourth-order valence-electron chi connectivity index (χ4n) is 2.50. The fourth-order valence-corrected chi connectivity index (χ4v) is 3.91. The second kappa shape index (κ2) is 7.28. The molecule has 0 spiro atoms. The summed E-state index contributed by atoms with van der Waals surface area (Å²) >= 11 is 3.46. The van der Waals surface area contributed by atoms with E-state index in [1.165, 1.54) is 0 Å². The quantitative estimate of drug-likeness (QED) is 0.800. The maximum atomic E-state index is 4.41. The van der Waals surface area contributed by atoms with Gasteiger partial charge in [-0.3, -0.25) is 0 Å². The molecular formula is C15H21N5S2.